The maximum absolute atomic E-state index is 12.1. The van der Waals surface area contributed by atoms with Gasteiger partial charge in [-0.25, -0.2) is 9.97 Å². The highest BCUT2D eigenvalue weighted by Gasteiger charge is 2.20. The van der Waals surface area contributed by atoms with Gasteiger partial charge in [0.25, 0.3) is 0 Å². The van der Waals surface area contributed by atoms with E-state index in [1.54, 1.807) is 13.2 Å². The normalized spacial score (nSPS) is 13.8. The molecule has 0 radical (unpaired) electrons. The molecule has 0 aliphatic carbocycles. The topological polar surface area (TPSA) is 70.6 Å². The third-order valence-electron chi connectivity index (χ3n) is 5.39. The maximum Gasteiger partial charge on any atom is 0.230 e. The molecule has 32 heavy (non-hydrogen) atoms. The van der Waals surface area contributed by atoms with Crippen LogP contribution in [0.15, 0.2) is 35.5 Å². The Bertz CT molecular complexity index is 860. The Hall–Kier alpha value is -2.19. The predicted molar refractivity (Wildman–Crippen MR) is 132 cm³/mol. The van der Waals surface area contributed by atoms with Crippen molar-refractivity contribution in [1.82, 2.24) is 15.3 Å². The largest absolute Gasteiger partial charge is 0.497 e. The Labute approximate surface area is 199 Å². The number of nitrogens with zero attached hydrogens (tertiary/aromatic N) is 4. The summed E-state index contributed by atoms with van der Waals surface area (Å²) in [6.07, 6.45) is 4.56. The third-order valence-corrected chi connectivity index (χ3v) is 6.43. The number of piperazine rings is 1. The molecule has 9 heteroatoms. The zero-order valence-corrected chi connectivity index (χ0v) is 20.4. The molecule has 0 saturated carbocycles. The first-order valence-corrected chi connectivity index (χ1v) is 12.5. The molecule has 1 aromatic heterocycles. The molecule has 1 fully saturated rings. The van der Waals surface area contributed by atoms with Crippen LogP contribution < -0.4 is 19.9 Å². The van der Waals surface area contributed by atoms with E-state index in [1.165, 1.54) is 30.3 Å². The number of nitrogens with one attached hydrogen (secondary N) is 1. The van der Waals surface area contributed by atoms with Crippen LogP contribution in [0.4, 0.5) is 11.5 Å². The average molecular weight is 478 g/mol. The second-order valence-electron chi connectivity index (χ2n) is 7.70. The minimum atomic E-state index is 0.00438. The van der Waals surface area contributed by atoms with Crippen LogP contribution in [0, 0.1) is 0 Å². The van der Waals surface area contributed by atoms with Gasteiger partial charge in [0.15, 0.2) is 5.16 Å². The van der Waals surface area contributed by atoms with E-state index in [9.17, 15) is 4.79 Å². The van der Waals surface area contributed by atoms with Gasteiger partial charge in [-0.05, 0) is 30.7 Å². The number of amides is 1. The van der Waals surface area contributed by atoms with Gasteiger partial charge in [0.05, 0.1) is 12.9 Å². The van der Waals surface area contributed by atoms with E-state index < -0.39 is 0 Å². The van der Waals surface area contributed by atoms with Gasteiger partial charge in [0.2, 0.25) is 5.91 Å². The van der Waals surface area contributed by atoms with Crippen LogP contribution >= 0.6 is 23.4 Å². The van der Waals surface area contributed by atoms with Gasteiger partial charge < -0.3 is 19.9 Å². The lowest BCUT2D eigenvalue weighted by molar-refractivity contribution is -0.118. The minimum Gasteiger partial charge on any atom is -0.497 e. The first-order chi connectivity index (χ1) is 15.6. The van der Waals surface area contributed by atoms with E-state index in [1.807, 2.05) is 12.1 Å². The number of benzene rings is 1. The summed E-state index contributed by atoms with van der Waals surface area (Å²) in [5.41, 5.74) is 1.18. The van der Waals surface area contributed by atoms with Crippen molar-refractivity contribution in [2.45, 2.75) is 37.8 Å². The molecule has 0 spiro atoms. The Morgan fingerprint density at radius 1 is 1.09 bits per heavy atom. The molecule has 0 unspecified atom stereocenters. The average Bonchev–Trinajstić information content (AvgIpc) is 2.82. The number of ether oxygens (including phenoxy) is 1. The molecule has 2 heterocycles. The summed E-state index contributed by atoms with van der Waals surface area (Å²) in [7, 11) is 1.67. The van der Waals surface area contributed by atoms with Gasteiger partial charge in [-0.3, -0.25) is 4.79 Å². The third kappa shape index (κ3) is 7.45. The number of aromatic nitrogens is 2. The zero-order valence-electron chi connectivity index (χ0n) is 18.8. The first kappa shape index (κ1) is 24.5. The summed E-state index contributed by atoms with van der Waals surface area (Å²) in [5, 5.41) is 3.89. The molecule has 1 saturated heterocycles. The van der Waals surface area contributed by atoms with Crippen LogP contribution in [-0.4, -0.2) is 61.5 Å². The monoisotopic (exact) mass is 477 g/mol. The second kappa shape index (κ2) is 12.7. The van der Waals surface area contributed by atoms with Crippen molar-refractivity contribution in [1.29, 1.82) is 0 Å². The molecular weight excluding hydrogens is 446 g/mol. The zero-order chi connectivity index (χ0) is 22.8. The fourth-order valence-electron chi connectivity index (χ4n) is 3.56. The van der Waals surface area contributed by atoms with Crippen LogP contribution in [-0.2, 0) is 4.79 Å². The summed E-state index contributed by atoms with van der Waals surface area (Å²) in [5.74, 6) is 1.96. The number of rotatable bonds is 11. The van der Waals surface area contributed by atoms with Gasteiger partial charge in [-0.1, -0.05) is 49.5 Å². The fraction of sp³-hybridized carbons (Fsp3) is 0.522. The van der Waals surface area contributed by atoms with E-state index in [0.717, 1.165) is 57.1 Å². The summed E-state index contributed by atoms with van der Waals surface area (Å²) in [6, 6.07) is 9.93. The van der Waals surface area contributed by atoms with E-state index in [-0.39, 0.29) is 5.91 Å². The van der Waals surface area contributed by atoms with Crippen molar-refractivity contribution >= 4 is 40.8 Å². The van der Waals surface area contributed by atoms with Crippen LogP contribution in [0.1, 0.15) is 32.6 Å². The first-order valence-electron chi connectivity index (χ1n) is 11.2. The molecule has 3 rings (SSSR count). The van der Waals surface area contributed by atoms with E-state index in [2.05, 4.69) is 44.1 Å². The summed E-state index contributed by atoms with van der Waals surface area (Å²) < 4.78 is 5.24. The van der Waals surface area contributed by atoms with Gasteiger partial charge in [-0.15, -0.1) is 0 Å². The standard InChI is InChI=1S/C23H32ClN5O2S/c1-3-4-5-6-11-25-22(30)17-32-23-26-20(24)16-21(27-23)29-14-12-28(13-15-29)18-7-9-19(31-2)10-8-18/h7-10,16H,3-6,11-15,17H2,1-2H3,(H,25,30). The lowest BCUT2D eigenvalue weighted by atomic mass is 10.2. The highest BCUT2D eigenvalue weighted by Crippen LogP contribution is 2.25. The van der Waals surface area contributed by atoms with Crippen LogP contribution in [0.3, 0.4) is 0 Å². The van der Waals surface area contributed by atoms with Crippen LogP contribution in [0.2, 0.25) is 5.15 Å². The van der Waals surface area contributed by atoms with Crippen molar-refractivity contribution in [3.63, 3.8) is 0 Å². The molecule has 1 aliphatic rings. The Kier molecular flexibility index (Phi) is 9.74. The number of carbonyl (C=O) groups excluding carboxylic acids is 1. The van der Waals surface area contributed by atoms with Gasteiger partial charge in [-0.2, -0.15) is 0 Å². The molecule has 1 amide bonds. The molecule has 1 aliphatic heterocycles. The molecular formula is C23H32ClN5O2S. The lowest BCUT2D eigenvalue weighted by Crippen LogP contribution is -2.46. The number of hydrogen-bond donors (Lipinski definition) is 1. The van der Waals surface area contributed by atoms with Crippen molar-refractivity contribution < 1.29 is 9.53 Å². The number of carbonyl (C=O) groups is 1. The number of methoxy groups -OCH3 is 1. The molecule has 0 atom stereocenters. The Balaban J connectivity index is 1.49. The molecule has 1 N–H and O–H groups in total. The molecule has 7 nitrogen and oxygen atoms in total. The number of hydrogen-bond acceptors (Lipinski definition) is 7. The van der Waals surface area contributed by atoms with Crippen molar-refractivity contribution in [2.24, 2.45) is 0 Å². The fourth-order valence-corrected chi connectivity index (χ4v) is 4.47. The summed E-state index contributed by atoms with van der Waals surface area (Å²) >= 11 is 7.58. The van der Waals surface area contributed by atoms with E-state index in [0.29, 0.717) is 16.1 Å². The molecule has 2 aromatic rings. The van der Waals surface area contributed by atoms with Crippen LogP contribution in [0.5, 0.6) is 5.75 Å². The molecule has 0 bridgehead atoms. The quantitative estimate of drug-likeness (QED) is 0.224. The van der Waals surface area contributed by atoms with E-state index >= 15 is 0 Å². The lowest BCUT2D eigenvalue weighted by Gasteiger charge is -2.36. The predicted octanol–water partition coefficient (Wildman–Crippen LogP) is 4.25. The highest BCUT2D eigenvalue weighted by atomic mass is 35.5. The maximum atomic E-state index is 12.1. The number of thioether (sulfide) groups is 1. The second-order valence-corrected chi connectivity index (χ2v) is 9.03. The van der Waals surface area contributed by atoms with Gasteiger partial charge in [0.1, 0.15) is 16.7 Å². The van der Waals surface area contributed by atoms with Crippen molar-refractivity contribution in [2.75, 3.05) is 55.4 Å². The smallest absolute Gasteiger partial charge is 0.230 e. The summed E-state index contributed by atoms with van der Waals surface area (Å²) in [4.78, 5) is 25.6. The van der Waals surface area contributed by atoms with Gasteiger partial charge >= 0.3 is 0 Å². The van der Waals surface area contributed by atoms with E-state index in [4.69, 9.17) is 16.3 Å². The summed E-state index contributed by atoms with van der Waals surface area (Å²) in [6.45, 7) is 6.34. The van der Waals surface area contributed by atoms with Crippen molar-refractivity contribution in [3.05, 3.63) is 35.5 Å². The molecule has 174 valence electrons. The SMILES string of the molecule is CCCCCCNC(=O)CSc1nc(Cl)cc(N2CCN(c3ccc(OC)cc3)CC2)n1. The van der Waals surface area contributed by atoms with Crippen molar-refractivity contribution in [3.8, 4) is 5.75 Å². The molecule has 1 aromatic carbocycles. The van der Waals surface area contributed by atoms with Gasteiger partial charge in [0, 0.05) is 44.5 Å². The Morgan fingerprint density at radius 2 is 1.81 bits per heavy atom. The number of unbranched alkanes of at least 4 members (excludes halogenated alkanes) is 3. The minimum absolute atomic E-state index is 0.00438. The number of anilines is 2. The highest BCUT2D eigenvalue weighted by molar-refractivity contribution is 7.99. The Morgan fingerprint density at radius 3 is 2.50 bits per heavy atom. The van der Waals surface area contributed by atoms with Crippen LogP contribution in [0.25, 0.3) is 0 Å². The number of halogens is 1.